The van der Waals surface area contributed by atoms with Crippen molar-refractivity contribution < 1.29 is 14.3 Å². The highest BCUT2D eigenvalue weighted by Gasteiger charge is 2.62. The third kappa shape index (κ3) is 2.79. The summed E-state index contributed by atoms with van der Waals surface area (Å²) in [7, 11) is 0. The summed E-state index contributed by atoms with van der Waals surface area (Å²) in [5, 5.41) is 6.14. The fourth-order valence-corrected chi connectivity index (χ4v) is 5.09. The van der Waals surface area contributed by atoms with Crippen molar-refractivity contribution in [3.8, 4) is 18.1 Å². The molecule has 1 aliphatic heterocycles. The number of hydrogen-bond donors (Lipinski definition) is 2. The Morgan fingerprint density at radius 1 is 1.41 bits per heavy atom. The van der Waals surface area contributed by atoms with Crippen molar-refractivity contribution in [3.05, 3.63) is 29.8 Å². The highest BCUT2D eigenvalue weighted by atomic mass is 16.5. The van der Waals surface area contributed by atoms with Gasteiger partial charge in [0, 0.05) is 18.3 Å². The zero-order chi connectivity index (χ0) is 19.4. The maximum atomic E-state index is 13.0. The average molecular weight is 366 g/mol. The molecule has 2 amide bonds. The lowest BCUT2D eigenvalue weighted by Gasteiger charge is -2.59. The number of benzene rings is 1. The zero-order valence-corrected chi connectivity index (χ0v) is 16.1. The standard InChI is InChI=1S/C22H26N2O3/c1-5-20(2,3)23-19(26)16-12-14-10-11-21(16,4)13-22(14)24-18(25)15-8-6-7-9-17(15)27-22/h1,6-9,14,16H,10-13H2,2-4H3,(H,23,26)(H,24,25). The van der Waals surface area contributed by atoms with E-state index in [1.165, 1.54) is 0 Å². The largest absolute Gasteiger partial charge is 0.467 e. The van der Waals surface area contributed by atoms with E-state index < -0.39 is 11.3 Å². The third-order valence-electron chi connectivity index (χ3n) is 6.61. The van der Waals surface area contributed by atoms with Crippen molar-refractivity contribution in [2.24, 2.45) is 17.3 Å². The summed E-state index contributed by atoms with van der Waals surface area (Å²) in [6.45, 7) is 5.79. The van der Waals surface area contributed by atoms with Gasteiger partial charge in [0.2, 0.25) is 5.91 Å². The summed E-state index contributed by atoms with van der Waals surface area (Å²) in [6.07, 6.45) is 8.71. The van der Waals surface area contributed by atoms with Crippen LogP contribution in [0.15, 0.2) is 24.3 Å². The lowest BCUT2D eigenvalue weighted by molar-refractivity contribution is -0.168. The van der Waals surface area contributed by atoms with E-state index in [-0.39, 0.29) is 29.1 Å². The van der Waals surface area contributed by atoms with Crippen LogP contribution in [0.4, 0.5) is 0 Å². The lowest BCUT2D eigenvalue weighted by atomic mass is 9.52. The molecule has 4 unspecified atom stereocenters. The molecule has 3 saturated carbocycles. The summed E-state index contributed by atoms with van der Waals surface area (Å²) in [5.74, 6) is 3.13. The molecule has 1 aromatic rings. The first-order valence-electron chi connectivity index (χ1n) is 9.58. The van der Waals surface area contributed by atoms with E-state index in [4.69, 9.17) is 11.2 Å². The Morgan fingerprint density at radius 2 is 2.15 bits per heavy atom. The van der Waals surface area contributed by atoms with Crippen LogP contribution < -0.4 is 15.4 Å². The third-order valence-corrected chi connectivity index (χ3v) is 6.61. The van der Waals surface area contributed by atoms with Crippen molar-refractivity contribution in [3.63, 3.8) is 0 Å². The van der Waals surface area contributed by atoms with Gasteiger partial charge in [-0.1, -0.05) is 25.0 Å². The number of amides is 2. The highest BCUT2D eigenvalue weighted by Crippen LogP contribution is 2.58. The van der Waals surface area contributed by atoms with E-state index in [9.17, 15) is 9.59 Å². The first-order valence-corrected chi connectivity index (χ1v) is 9.58. The summed E-state index contributed by atoms with van der Waals surface area (Å²) in [5.41, 5.74) is -1.07. The maximum absolute atomic E-state index is 13.0. The smallest absolute Gasteiger partial charge is 0.258 e. The number of ether oxygens (including phenoxy) is 1. The molecule has 4 aliphatic rings. The van der Waals surface area contributed by atoms with Crippen molar-refractivity contribution in [1.29, 1.82) is 0 Å². The Hall–Kier alpha value is -2.48. The first-order chi connectivity index (χ1) is 12.7. The van der Waals surface area contributed by atoms with Crippen LogP contribution in [0.5, 0.6) is 5.75 Å². The number of hydrogen-bond acceptors (Lipinski definition) is 3. The van der Waals surface area contributed by atoms with Crippen LogP contribution >= 0.6 is 0 Å². The molecule has 5 heteroatoms. The molecule has 27 heavy (non-hydrogen) atoms. The molecule has 0 radical (unpaired) electrons. The Morgan fingerprint density at radius 3 is 2.85 bits per heavy atom. The van der Waals surface area contributed by atoms with Crippen molar-refractivity contribution in [2.75, 3.05) is 0 Å². The fourth-order valence-electron chi connectivity index (χ4n) is 5.09. The molecule has 142 valence electrons. The number of terminal acetylenes is 1. The molecule has 2 N–H and O–H groups in total. The van der Waals surface area contributed by atoms with Crippen LogP contribution in [0.3, 0.4) is 0 Å². The Labute approximate surface area is 160 Å². The van der Waals surface area contributed by atoms with E-state index in [2.05, 4.69) is 23.5 Å². The molecule has 4 atom stereocenters. The first kappa shape index (κ1) is 17.9. The Kier molecular flexibility index (Phi) is 3.82. The van der Waals surface area contributed by atoms with Crippen LogP contribution in [0.25, 0.3) is 0 Å². The number of fused-ring (bicyclic) bond motifs is 3. The van der Waals surface area contributed by atoms with E-state index in [1.807, 2.05) is 32.0 Å². The maximum Gasteiger partial charge on any atom is 0.258 e. The van der Waals surface area contributed by atoms with E-state index >= 15 is 0 Å². The van der Waals surface area contributed by atoms with E-state index in [0.717, 1.165) is 12.8 Å². The van der Waals surface area contributed by atoms with Crippen LogP contribution in [0.2, 0.25) is 0 Å². The second-order valence-corrected chi connectivity index (χ2v) is 9.06. The monoisotopic (exact) mass is 366 g/mol. The summed E-state index contributed by atoms with van der Waals surface area (Å²) < 4.78 is 6.38. The number of carbonyl (C=O) groups excluding carboxylic acids is 2. The molecule has 2 bridgehead atoms. The zero-order valence-electron chi connectivity index (χ0n) is 16.1. The number of rotatable bonds is 2. The SMILES string of the molecule is C#CC(C)(C)NC(=O)C1CC2CCC1(C)CC21NC(=O)c2ccccc2O1. The molecule has 3 aliphatic carbocycles. The molecule has 1 aromatic carbocycles. The molecular formula is C22H26N2O3. The number of carbonyl (C=O) groups is 2. The second-order valence-electron chi connectivity index (χ2n) is 9.06. The van der Waals surface area contributed by atoms with Gasteiger partial charge in [0.1, 0.15) is 5.75 Å². The molecule has 1 spiro atoms. The van der Waals surface area contributed by atoms with E-state index in [0.29, 0.717) is 24.2 Å². The van der Waals surface area contributed by atoms with Crippen molar-refractivity contribution in [1.82, 2.24) is 10.6 Å². The highest BCUT2D eigenvalue weighted by molar-refractivity contribution is 5.98. The minimum Gasteiger partial charge on any atom is -0.467 e. The summed E-state index contributed by atoms with van der Waals surface area (Å²) >= 11 is 0. The molecule has 1 heterocycles. The van der Waals surface area contributed by atoms with Crippen molar-refractivity contribution in [2.45, 2.75) is 57.7 Å². The van der Waals surface area contributed by atoms with Gasteiger partial charge in [0.05, 0.1) is 11.1 Å². The minimum atomic E-state index is -0.725. The summed E-state index contributed by atoms with van der Waals surface area (Å²) in [4.78, 5) is 25.7. The van der Waals surface area contributed by atoms with Crippen LogP contribution in [0, 0.1) is 29.6 Å². The van der Waals surface area contributed by atoms with Crippen LogP contribution in [0.1, 0.15) is 56.8 Å². The van der Waals surface area contributed by atoms with Gasteiger partial charge in [-0.05, 0) is 50.7 Å². The molecule has 0 aromatic heterocycles. The lowest BCUT2D eigenvalue weighted by Crippen LogP contribution is -2.69. The Balaban J connectivity index is 1.61. The van der Waals surface area contributed by atoms with Gasteiger partial charge in [-0.3, -0.25) is 9.59 Å². The van der Waals surface area contributed by atoms with Gasteiger partial charge in [0.15, 0.2) is 5.72 Å². The molecule has 3 fully saturated rings. The average Bonchev–Trinajstić information content (AvgIpc) is 2.61. The number of nitrogens with one attached hydrogen (secondary N) is 2. The predicted octanol–water partition coefficient (Wildman–Crippen LogP) is 2.86. The Bertz CT molecular complexity index is 855. The van der Waals surface area contributed by atoms with Crippen LogP contribution in [-0.4, -0.2) is 23.1 Å². The van der Waals surface area contributed by atoms with Gasteiger partial charge in [-0.15, -0.1) is 6.42 Å². The van der Waals surface area contributed by atoms with Gasteiger partial charge < -0.3 is 15.4 Å². The van der Waals surface area contributed by atoms with Gasteiger partial charge in [0.25, 0.3) is 5.91 Å². The van der Waals surface area contributed by atoms with Gasteiger partial charge in [-0.2, -0.15) is 0 Å². The van der Waals surface area contributed by atoms with Crippen molar-refractivity contribution >= 4 is 11.8 Å². The molecule has 5 nitrogen and oxygen atoms in total. The predicted molar refractivity (Wildman–Crippen MR) is 102 cm³/mol. The quantitative estimate of drug-likeness (QED) is 0.791. The molecular weight excluding hydrogens is 340 g/mol. The minimum absolute atomic E-state index is 0.00235. The normalized spacial score (nSPS) is 34.2. The van der Waals surface area contributed by atoms with Gasteiger partial charge >= 0.3 is 0 Å². The topological polar surface area (TPSA) is 67.4 Å². The molecule has 0 saturated heterocycles. The fraction of sp³-hybridized carbons (Fsp3) is 0.545. The second kappa shape index (κ2) is 5.76. The summed E-state index contributed by atoms with van der Waals surface area (Å²) in [6, 6.07) is 7.34. The molecule has 5 rings (SSSR count). The van der Waals surface area contributed by atoms with Crippen LogP contribution in [-0.2, 0) is 4.79 Å². The number of para-hydroxylation sites is 1. The van der Waals surface area contributed by atoms with E-state index in [1.54, 1.807) is 6.07 Å². The van der Waals surface area contributed by atoms with Gasteiger partial charge in [-0.25, -0.2) is 0 Å².